The summed E-state index contributed by atoms with van der Waals surface area (Å²) in [5.74, 6) is 0.477. The lowest BCUT2D eigenvalue weighted by atomic mass is 9.98. The maximum Gasteiger partial charge on any atom is 0.0826 e. The van der Waals surface area contributed by atoms with Crippen molar-refractivity contribution in [2.75, 3.05) is 18.4 Å². The molecule has 1 aromatic carbocycles. The van der Waals surface area contributed by atoms with E-state index >= 15 is 0 Å². The van der Waals surface area contributed by atoms with Crippen molar-refractivity contribution in [3.05, 3.63) is 27.7 Å². The Kier molecular flexibility index (Phi) is 2.86. The van der Waals surface area contributed by atoms with Gasteiger partial charge < -0.3 is 11.1 Å². The summed E-state index contributed by atoms with van der Waals surface area (Å²) < 4.78 is 0. The molecule has 0 radical (unpaired) electrons. The first-order chi connectivity index (χ1) is 6.74. The van der Waals surface area contributed by atoms with Gasteiger partial charge in [0.2, 0.25) is 0 Å². The molecule has 0 fully saturated rings. The molecule has 4 heteroatoms. The minimum Gasteiger partial charge on any atom is -0.383 e. The molecule has 0 aromatic heterocycles. The third-order valence-corrected chi connectivity index (χ3v) is 3.41. The fourth-order valence-corrected chi connectivity index (χ4v) is 2.28. The number of hydrogen-bond donors (Lipinski definition) is 2. The number of benzene rings is 1. The molecule has 1 unspecified atom stereocenters. The van der Waals surface area contributed by atoms with E-state index in [1.165, 1.54) is 5.56 Å². The van der Waals surface area contributed by atoms with Crippen LogP contribution < -0.4 is 11.1 Å². The second-order valence-corrected chi connectivity index (χ2v) is 4.27. The van der Waals surface area contributed by atoms with Gasteiger partial charge in [0, 0.05) is 12.5 Å². The Labute approximate surface area is 93.4 Å². The molecule has 0 saturated carbocycles. The second kappa shape index (κ2) is 3.97. The van der Waals surface area contributed by atoms with Crippen LogP contribution in [0.1, 0.15) is 17.9 Å². The molecule has 2 rings (SSSR count). The van der Waals surface area contributed by atoms with Crippen LogP contribution in [-0.2, 0) is 0 Å². The molecule has 1 atom stereocenters. The fourth-order valence-electron chi connectivity index (χ4n) is 1.88. The predicted molar refractivity (Wildman–Crippen MR) is 61.4 cm³/mol. The van der Waals surface area contributed by atoms with Crippen LogP contribution in [0.2, 0.25) is 10.0 Å². The molecule has 2 nitrogen and oxygen atoms in total. The predicted octanol–water partition coefficient (Wildman–Crippen LogP) is 2.85. The lowest BCUT2D eigenvalue weighted by Gasteiger charge is -2.08. The summed E-state index contributed by atoms with van der Waals surface area (Å²) in [6.45, 7) is 1.61. The number of anilines is 1. The Morgan fingerprint density at radius 2 is 2.21 bits per heavy atom. The van der Waals surface area contributed by atoms with Crippen molar-refractivity contribution < 1.29 is 0 Å². The van der Waals surface area contributed by atoms with Gasteiger partial charge in [0.15, 0.2) is 0 Å². The molecule has 1 aliphatic heterocycles. The minimum atomic E-state index is 0.477. The van der Waals surface area contributed by atoms with Gasteiger partial charge in [0.1, 0.15) is 0 Å². The quantitative estimate of drug-likeness (QED) is 0.821. The van der Waals surface area contributed by atoms with Crippen LogP contribution in [0.4, 0.5) is 5.69 Å². The van der Waals surface area contributed by atoms with Gasteiger partial charge in [-0.1, -0.05) is 29.3 Å². The molecule has 1 heterocycles. The van der Waals surface area contributed by atoms with Crippen LogP contribution in [0.15, 0.2) is 12.1 Å². The third-order valence-electron chi connectivity index (χ3n) is 2.61. The minimum absolute atomic E-state index is 0.477. The first kappa shape index (κ1) is 10.1. The number of hydrogen-bond acceptors (Lipinski definition) is 2. The topological polar surface area (TPSA) is 38.0 Å². The van der Waals surface area contributed by atoms with Crippen LogP contribution in [0.25, 0.3) is 0 Å². The van der Waals surface area contributed by atoms with E-state index in [2.05, 4.69) is 5.32 Å². The Morgan fingerprint density at radius 1 is 1.43 bits per heavy atom. The summed E-state index contributed by atoms with van der Waals surface area (Å²) in [6.07, 6.45) is 0.984. The van der Waals surface area contributed by atoms with Crippen molar-refractivity contribution >= 4 is 28.9 Å². The fraction of sp³-hybridized carbons (Fsp3) is 0.400. The lowest BCUT2D eigenvalue weighted by Crippen LogP contribution is -2.08. The highest BCUT2D eigenvalue weighted by atomic mass is 35.5. The molecule has 0 amide bonds. The lowest BCUT2D eigenvalue weighted by molar-refractivity contribution is 0.686. The largest absolute Gasteiger partial charge is 0.383 e. The molecule has 0 saturated heterocycles. The molecule has 3 N–H and O–H groups in total. The average molecular weight is 231 g/mol. The number of fused-ring (bicyclic) bond motifs is 1. The first-order valence-corrected chi connectivity index (χ1v) is 5.41. The van der Waals surface area contributed by atoms with Gasteiger partial charge in [0.05, 0.1) is 15.7 Å². The zero-order valence-corrected chi connectivity index (χ0v) is 9.20. The summed E-state index contributed by atoms with van der Waals surface area (Å²) in [5.41, 5.74) is 7.77. The summed E-state index contributed by atoms with van der Waals surface area (Å²) in [4.78, 5) is 0. The van der Waals surface area contributed by atoms with E-state index in [0.29, 0.717) is 22.5 Å². The van der Waals surface area contributed by atoms with E-state index in [1.807, 2.05) is 12.1 Å². The van der Waals surface area contributed by atoms with Gasteiger partial charge in [0.25, 0.3) is 0 Å². The maximum atomic E-state index is 6.08. The van der Waals surface area contributed by atoms with Gasteiger partial charge in [-0.05, 0) is 24.6 Å². The normalized spacial score (nSPS) is 19.2. The summed E-state index contributed by atoms with van der Waals surface area (Å²) in [5, 5.41) is 4.50. The van der Waals surface area contributed by atoms with Crippen molar-refractivity contribution in [2.24, 2.45) is 5.73 Å². The van der Waals surface area contributed by atoms with Gasteiger partial charge >= 0.3 is 0 Å². The van der Waals surface area contributed by atoms with E-state index < -0.39 is 0 Å². The Balaban J connectivity index is 2.37. The van der Waals surface area contributed by atoms with Crippen LogP contribution >= 0.6 is 23.2 Å². The highest BCUT2D eigenvalue weighted by molar-refractivity contribution is 6.43. The summed E-state index contributed by atoms with van der Waals surface area (Å²) in [7, 11) is 0. The van der Waals surface area contributed by atoms with Gasteiger partial charge in [-0.25, -0.2) is 0 Å². The van der Waals surface area contributed by atoms with Crippen molar-refractivity contribution in [1.82, 2.24) is 0 Å². The zero-order chi connectivity index (χ0) is 10.1. The standard InChI is InChI=1S/C10H12Cl2N2/c11-8-2-1-7-6(3-4-13)5-14-10(7)9(8)12/h1-2,6,14H,3-5,13H2. The molecule has 1 aliphatic rings. The van der Waals surface area contributed by atoms with E-state index in [-0.39, 0.29) is 0 Å². The third kappa shape index (κ3) is 1.58. The number of nitrogens with one attached hydrogen (secondary N) is 1. The zero-order valence-electron chi connectivity index (χ0n) is 7.69. The Hall–Kier alpha value is -0.440. The van der Waals surface area contributed by atoms with Crippen LogP contribution in [0.3, 0.4) is 0 Å². The monoisotopic (exact) mass is 230 g/mol. The summed E-state index contributed by atoms with van der Waals surface area (Å²) in [6, 6.07) is 3.88. The Morgan fingerprint density at radius 3 is 2.93 bits per heavy atom. The molecule has 14 heavy (non-hydrogen) atoms. The molecule has 0 bridgehead atoms. The van der Waals surface area contributed by atoms with Crippen molar-refractivity contribution in [1.29, 1.82) is 0 Å². The van der Waals surface area contributed by atoms with Crippen LogP contribution in [0.5, 0.6) is 0 Å². The van der Waals surface area contributed by atoms with Crippen molar-refractivity contribution in [3.8, 4) is 0 Å². The van der Waals surface area contributed by atoms with E-state index in [1.54, 1.807) is 0 Å². The highest BCUT2D eigenvalue weighted by Crippen LogP contribution is 2.41. The number of rotatable bonds is 2. The van der Waals surface area contributed by atoms with E-state index in [4.69, 9.17) is 28.9 Å². The van der Waals surface area contributed by atoms with Crippen LogP contribution in [-0.4, -0.2) is 13.1 Å². The van der Waals surface area contributed by atoms with Gasteiger partial charge in [-0.15, -0.1) is 0 Å². The van der Waals surface area contributed by atoms with Gasteiger partial charge in [-0.3, -0.25) is 0 Å². The van der Waals surface area contributed by atoms with E-state index in [9.17, 15) is 0 Å². The maximum absolute atomic E-state index is 6.08. The van der Waals surface area contributed by atoms with Crippen molar-refractivity contribution in [3.63, 3.8) is 0 Å². The molecular weight excluding hydrogens is 219 g/mol. The van der Waals surface area contributed by atoms with E-state index in [0.717, 1.165) is 18.7 Å². The molecule has 0 spiro atoms. The SMILES string of the molecule is NCCC1CNc2c1ccc(Cl)c2Cl. The average Bonchev–Trinajstić information content (AvgIpc) is 2.57. The van der Waals surface area contributed by atoms with Crippen molar-refractivity contribution in [2.45, 2.75) is 12.3 Å². The molecule has 0 aliphatic carbocycles. The summed E-state index contributed by atoms with van der Waals surface area (Å²) >= 11 is 12.0. The molecular formula is C10H12Cl2N2. The number of nitrogens with two attached hydrogens (primary N) is 1. The molecule has 1 aromatic rings. The van der Waals surface area contributed by atoms with Gasteiger partial charge in [-0.2, -0.15) is 0 Å². The number of halogens is 2. The highest BCUT2D eigenvalue weighted by Gasteiger charge is 2.24. The first-order valence-electron chi connectivity index (χ1n) is 4.66. The second-order valence-electron chi connectivity index (χ2n) is 3.48. The smallest absolute Gasteiger partial charge is 0.0826 e. The van der Waals surface area contributed by atoms with Crippen LogP contribution in [0, 0.1) is 0 Å². The Bertz CT molecular complexity index is 352. The molecule has 76 valence electrons.